The third kappa shape index (κ3) is 3.72. The Balaban J connectivity index is 2.39. The summed E-state index contributed by atoms with van der Waals surface area (Å²) in [5, 5.41) is 13.7. The third-order valence-electron chi connectivity index (χ3n) is 4.40. The molecule has 0 amide bonds. The fourth-order valence-electron chi connectivity index (χ4n) is 3.11. The Bertz CT molecular complexity index is 993. The van der Waals surface area contributed by atoms with Gasteiger partial charge < -0.3 is 10.4 Å². The first-order valence-electron chi connectivity index (χ1n) is 8.00. The minimum Gasteiger partial charge on any atom is -0.387 e. The van der Waals surface area contributed by atoms with E-state index in [1.165, 1.54) is 18.2 Å². The van der Waals surface area contributed by atoms with Crippen LogP contribution in [-0.2, 0) is 12.4 Å². The van der Waals surface area contributed by atoms with Gasteiger partial charge in [-0.25, -0.2) is 0 Å². The number of alkyl halides is 6. The molecule has 0 fully saturated rings. The van der Waals surface area contributed by atoms with Gasteiger partial charge in [0.15, 0.2) is 0 Å². The van der Waals surface area contributed by atoms with Gasteiger partial charge in [-0.3, -0.25) is 0 Å². The molecule has 2 N–H and O–H groups in total. The SMILES string of the molecule is CNC[C@@H](O)c1cc2ccc(C(F)(F)F)cc2c2cc(C(F)(F)F)ccc12. The molecule has 0 saturated carbocycles. The van der Waals surface area contributed by atoms with Crippen molar-refractivity contribution in [2.24, 2.45) is 0 Å². The van der Waals surface area contributed by atoms with Gasteiger partial charge in [0, 0.05) is 6.54 Å². The number of hydrogen-bond acceptors (Lipinski definition) is 2. The fraction of sp³-hybridized carbons (Fsp3) is 0.263. The molecule has 0 radical (unpaired) electrons. The van der Waals surface area contributed by atoms with Crippen molar-refractivity contribution in [2.75, 3.05) is 13.6 Å². The lowest BCUT2D eigenvalue weighted by molar-refractivity contribution is -0.138. The van der Waals surface area contributed by atoms with Crippen LogP contribution in [0.2, 0.25) is 0 Å². The first kappa shape index (κ1) is 19.4. The molecule has 0 aliphatic carbocycles. The zero-order valence-electron chi connectivity index (χ0n) is 14.0. The summed E-state index contributed by atoms with van der Waals surface area (Å²) in [6.45, 7) is 0.141. The number of benzene rings is 3. The highest BCUT2D eigenvalue weighted by Crippen LogP contribution is 2.39. The highest BCUT2D eigenvalue weighted by atomic mass is 19.4. The van der Waals surface area contributed by atoms with Crippen molar-refractivity contribution >= 4 is 21.5 Å². The number of rotatable bonds is 3. The van der Waals surface area contributed by atoms with E-state index < -0.39 is 29.6 Å². The van der Waals surface area contributed by atoms with Gasteiger partial charge in [-0.15, -0.1) is 0 Å². The Labute approximate surface area is 150 Å². The van der Waals surface area contributed by atoms with Crippen molar-refractivity contribution < 1.29 is 31.4 Å². The van der Waals surface area contributed by atoms with Crippen LogP contribution in [0.25, 0.3) is 21.5 Å². The van der Waals surface area contributed by atoms with Crippen LogP contribution in [0.1, 0.15) is 22.8 Å². The summed E-state index contributed by atoms with van der Waals surface area (Å²) >= 11 is 0. The van der Waals surface area contributed by atoms with Crippen LogP contribution >= 0.6 is 0 Å². The summed E-state index contributed by atoms with van der Waals surface area (Å²) in [4.78, 5) is 0. The molecular weight excluding hydrogens is 372 g/mol. The van der Waals surface area contributed by atoms with E-state index in [0.717, 1.165) is 24.3 Å². The predicted octanol–water partition coefficient (Wildman–Crippen LogP) is 5.28. The van der Waals surface area contributed by atoms with Gasteiger partial charge in [-0.2, -0.15) is 26.3 Å². The van der Waals surface area contributed by atoms with E-state index in [0.29, 0.717) is 10.9 Å². The lowest BCUT2D eigenvalue weighted by Gasteiger charge is -2.18. The van der Waals surface area contributed by atoms with Gasteiger partial charge in [-0.05, 0) is 64.5 Å². The van der Waals surface area contributed by atoms with E-state index in [2.05, 4.69) is 5.32 Å². The van der Waals surface area contributed by atoms with Gasteiger partial charge in [0.05, 0.1) is 17.2 Å². The monoisotopic (exact) mass is 387 g/mol. The first-order valence-corrected chi connectivity index (χ1v) is 8.00. The van der Waals surface area contributed by atoms with Crippen LogP contribution in [0.3, 0.4) is 0 Å². The smallest absolute Gasteiger partial charge is 0.387 e. The predicted molar refractivity (Wildman–Crippen MR) is 90.3 cm³/mol. The van der Waals surface area contributed by atoms with Crippen molar-refractivity contribution in [3.8, 4) is 0 Å². The Morgan fingerprint density at radius 2 is 1.37 bits per heavy atom. The quantitative estimate of drug-likeness (QED) is 0.473. The van der Waals surface area contributed by atoms with E-state index in [4.69, 9.17) is 0 Å². The zero-order valence-corrected chi connectivity index (χ0v) is 14.0. The minimum absolute atomic E-state index is 0.0126. The molecule has 0 spiro atoms. The molecule has 27 heavy (non-hydrogen) atoms. The van der Waals surface area contributed by atoms with Gasteiger partial charge in [0.25, 0.3) is 0 Å². The van der Waals surface area contributed by atoms with E-state index in [-0.39, 0.29) is 22.7 Å². The van der Waals surface area contributed by atoms with Crippen LogP contribution in [0.15, 0.2) is 42.5 Å². The largest absolute Gasteiger partial charge is 0.416 e. The maximum atomic E-state index is 13.1. The highest BCUT2D eigenvalue weighted by Gasteiger charge is 2.32. The summed E-state index contributed by atoms with van der Waals surface area (Å²) < 4.78 is 78.6. The standard InChI is InChI=1S/C19H15F6NO/c1-26-9-17(27)16-6-10-2-3-11(18(20,21)22)7-14(10)15-8-12(19(23,24)25)4-5-13(15)16/h2-8,17,26-27H,9H2,1H3/t17-/m1/s1. The second-order valence-corrected chi connectivity index (χ2v) is 6.23. The van der Waals surface area contributed by atoms with Gasteiger partial charge in [0.2, 0.25) is 0 Å². The maximum Gasteiger partial charge on any atom is 0.416 e. The number of fused-ring (bicyclic) bond motifs is 3. The average Bonchev–Trinajstić information content (AvgIpc) is 2.58. The molecule has 0 aliphatic heterocycles. The first-order chi connectivity index (χ1) is 12.5. The molecule has 3 aromatic carbocycles. The van der Waals surface area contributed by atoms with Crippen LogP contribution in [0.5, 0.6) is 0 Å². The summed E-state index contributed by atoms with van der Waals surface area (Å²) in [6, 6.07) is 7.29. The van der Waals surface area contributed by atoms with E-state index >= 15 is 0 Å². The van der Waals surface area contributed by atoms with E-state index in [1.807, 2.05) is 0 Å². The molecule has 0 heterocycles. The minimum atomic E-state index is -4.64. The zero-order chi connectivity index (χ0) is 20.0. The molecule has 0 unspecified atom stereocenters. The molecule has 0 saturated heterocycles. The second-order valence-electron chi connectivity index (χ2n) is 6.23. The number of likely N-dealkylation sites (N-methyl/N-ethyl adjacent to an activating group) is 1. The van der Waals surface area contributed by atoms with Crippen molar-refractivity contribution in [1.29, 1.82) is 0 Å². The van der Waals surface area contributed by atoms with Crippen LogP contribution in [0, 0.1) is 0 Å². The second kappa shape index (κ2) is 6.69. The normalized spacial score (nSPS) is 14.1. The van der Waals surface area contributed by atoms with Crippen LogP contribution < -0.4 is 5.32 Å². The number of hydrogen-bond donors (Lipinski definition) is 2. The summed E-state index contributed by atoms with van der Waals surface area (Å²) in [5.41, 5.74) is -1.56. The molecule has 1 atom stereocenters. The fourth-order valence-corrected chi connectivity index (χ4v) is 3.11. The Kier molecular flexibility index (Phi) is 4.81. The number of aliphatic hydroxyl groups excluding tert-OH is 1. The molecule has 8 heteroatoms. The van der Waals surface area contributed by atoms with Crippen molar-refractivity contribution in [2.45, 2.75) is 18.5 Å². The van der Waals surface area contributed by atoms with Gasteiger partial charge >= 0.3 is 12.4 Å². The Morgan fingerprint density at radius 3 is 1.93 bits per heavy atom. The number of aliphatic hydroxyl groups is 1. The van der Waals surface area contributed by atoms with Crippen LogP contribution in [-0.4, -0.2) is 18.7 Å². The van der Waals surface area contributed by atoms with E-state index in [1.54, 1.807) is 7.05 Å². The molecule has 2 nitrogen and oxygen atoms in total. The molecule has 3 aromatic rings. The van der Waals surface area contributed by atoms with Crippen LogP contribution in [0.4, 0.5) is 26.3 Å². The Morgan fingerprint density at radius 1 is 0.815 bits per heavy atom. The Hall–Kier alpha value is -2.32. The molecule has 0 aliphatic rings. The average molecular weight is 387 g/mol. The van der Waals surface area contributed by atoms with E-state index in [9.17, 15) is 31.4 Å². The molecule has 0 bridgehead atoms. The summed E-state index contributed by atoms with van der Waals surface area (Å²) in [6.07, 6.45) is -10.3. The highest BCUT2D eigenvalue weighted by molar-refractivity contribution is 6.09. The van der Waals surface area contributed by atoms with Gasteiger partial charge in [-0.1, -0.05) is 12.1 Å². The van der Waals surface area contributed by atoms with Gasteiger partial charge in [0.1, 0.15) is 0 Å². The maximum absolute atomic E-state index is 13.1. The molecule has 0 aromatic heterocycles. The number of nitrogens with one attached hydrogen (secondary N) is 1. The lowest BCUT2D eigenvalue weighted by atomic mass is 9.92. The topological polar surface area (TPSA) is 32.3 Å². The van der Waals surface area contributed by atoms with Crippen molar-refractivity contribution in [3.63, 3.8) is 0 Å². The summed E-state index contributed by atoms with van der Waals surface area (Å²) in [5.74, 6) is 0. The molecule has 144 valence electrons. The van der Waals surface area contributed by atoms with Crippen molar-refractivity contribution in [3.05, 3.63) is 59.2 Å². The molecule has 3 rings (SSSR count). The van der Waals surface area contributed by atoms with Crippen molar-refractivity contribution in [1.82, 2.24) is 5.32 Å². The number of halogens is 6. The third-order valence-corrected chi connectivity index (χ3v) is 4.40. The summed E-state index contributed by atoms with van der Waals surface area (Å²) in [7, 11) is 1.60. The lowest BCUT2D eigenvalue weighted by Crippen LogP contribution is -2.17. The molecular formula is C19H15F6NO.